The molecule has 1 fully saturated rings. The second-order valence-corrected chi connectivity index (χ2v) is 8.28. The average Bonchev–Trinajstić information content (AvgIpc) is 2.68. The van der Waals surface area contributed by atoms with Gasteiger partial charge in [-0.1, -0.05) is 18.2 Å². The summed E-state index contributed by atoms with van der Waals surface area (Å²) < 4.78 is 26.8. The van der Waals surface area contributed by atoms with Crippen LogP contribution in [0.4, 0.5) is 0 Å². The van der Waals surface area contributed by atoms with Crippen LogP contribution >= 0.6 is 0 Å². The lowest BCUT2D eigenvalue weighted by Gasteiger charge is -2.34. The summed E-state index contributed by atoms with van der Waals surface area (Å²) >= 11 is 0. The lowest BCUT2D eigenvalue weighted by Crippen LogP contribution is -2.50. The molecule has 1 amide bonds. The number of rotatable bonds is 4. The van der Waals surface area contributed by atoms with E-state index in [1.54, 1.807) is 11.0 Å². The van der Waals surface area contributed by atoms with Crippen molar-refractivity contribution in [2.45, 2.75) is 11.8 Å². The van der Waals surface area contributed by atoms with Crippen molar-refractivity contribution in [2.75, 3.05) is 26.2 Å². The van der Waals surface area contributed by atoms with E-state index >= 15 is 0 Å². The maximum absolute atomic E-state index is 12.7. The van der Waals surface area contributed by atoms with Crippen LogP contribution in [0.25, 0.3) is 0 Å². The minimum atomic E-state index is -3.72. The van der Waals surface area contributed by atoms with E-state index in [2.05, 4.69) is 0 Å². The predicted molar refractivity (Wildman–Crippen MR) is 99.2 cm³/mol. The second kappa shape index (κ2) is 7.50. The first-order valence-corrected chi connectivity index (χ1v) is 9.93. The van der Waals surface area contributed by atoms with Crippen molar-refractivity contribution < 1.29 is 23.1 Å². The van der Waals surface area contributed by atoms with Gasteiger partial charge in [-0.3, -0.25) is 4.79 Å². The molecular weight excluding hydrogens is 368 g/mol. The van der Waals surface area contributed by atoms with Crippen molar-refractivity contribution in [3.63, 3.8) is 0 Å². The van der Waals surface area contributed by atoms with Crippen molar-refractivity contribution in [2.24, 2.45) is 0 Å². The second-order valence-electron chi connectivity index (χ2n) is 6.34. The zero-order chi connectivity index (χ0) is 19.6. The number of aryl methyl sites for hydroxylation is 1. The van der Waals surface area contributed by atoms with Crippen LogP contribution < -0.4 is 0 Å². The number of aromatic carboxylic acids is 1. The quantitative estimate of drug-likeness (QED) is 0.862. The summed E-state index contributed by atoms with van der Waals surface area (Å²) in [5.41, 5.74) is 1.54. The van der Waals surface area contributed by atoms with Gasteiger partial charge in [0.2, 0.25) is 10.0 Å². The Morgan fingerprint density at radius 2 is 1.52 bits per heavy atom. The molecule has 0 spiro atoms. The summed E-state index contributed by atoms with van der Waals surface area (Å²) in [5.74, 6) is -1.21. The molecule has 27 heavy (non-hydrogen) atoms. The summed E-state index contributed by atoms with van der Waals surface area (Å²) in [6, 6.07) is 12.4. The van der Waals surface area contributed by atoms with Crippen LogP contribution in [-0.4, -0.2) is 60.8 Å². The van der Waals surface area contributed by atoms with E-state index in [4.69, 9.17) is 5.11 Å². The molecule has 7 nitrogen and oxygen atoms in total. The Labute approximate surface area is 157 Å². The number of sulfonamides is 1. The number of amides is 1. The Kier molecular flexibility index (Phi) is 5.29. The lowest BCUT2D eigenvalue weighted by molar-refractivity contribution is 0.0689. The highest BCUT2D eigenvalue weighted by atomic mass is 32.2. The van der Waals surface area contributed by atoms with Gasteiger partial charge in [0.1, 0.15) is 0 Å². The molecule has 0 aromatic heterocycles. The van der Waals surface area contributed by atoms with Gasteiger partial charge in [-0.2, -0.15) is 4.31 Å². The Morgan fingerprint density at radius 3 is 2.07 bits per heavy atom. The van der Waals surface area contributed by atoms with Crippen LogP contribution in [0, 0.1) is 6.92 Å². The van der Waals surface area contributed by atoms with Gasteiger partial charge in [0.15, 0.2) is 0 Å². The third kappa shape index (κ3) is 3.86. The average molecular weight is 388 g/mol. The highest BCUT2D eigenvalue weighted by Gasteiger charge is 2.30. The van der Waals surface area contributed by atoms with E-state index in [9.17, 15) is 18.0 Å². The van der Waals surface area contributed by atoms with E-state index in [-0.39, 0.29) is 29.5 Å². The van der Waals surface area contributed by atoms with Crippen LogP contribution in [0.1, 0.15) is 26.3 Å². The summed E-state index contributed by atoms with van der Waals surface area (Å²) in [5, 5.41) is 8.92. The molecule has 0 saturated carbocycles. The Morgan fingerprint density at radius 1 is 0.926 bits per heavy atom. The molecule has 142 valence electrons. The van der Waals surface area contributed by atoms with Gasteiger partial charge in [0.25, 0.3) is 5.91 Å². The minimum absolute atomic E-state index is 0.0302. The molecule has 8 heteroatoms. The van der Waals surface area contributed by atoms with Crippen LogP contribution in [0.2, 0.25) is 0 Å². The topological polar surface area (TPSA) is 95.0 Å². The molecule has 1 saturated heterocycles. The number of carbonyl (C=O) groups is 2. The molecule has 1 heterocycles. The van der Waals surface area contributed by atoms with Crippen molar-refractivity contribution in [1.82, 2.24) is 9.21 Å². The van der Waals surface area contributed by atoms with Crippen molar-refractivity contribution in [3.05, 3.63) is 65.2 Å². The van der Waals surface area contributed by atoms with Crippen molar-refractivity contribution in [1.29, 1.82) is 0 Å². The molecule has 2 aromatic rings. The predicted octanol–water partition coefficient (Wildman–Crippen LogP) is 1.84. The molecule has 0 unspecified atom stereocenters. The standard InChI is InChI=1S/C19H20N2O5S/c1-14-4-2-3-5-17(14)18(22)20-10-12-21(13-11-20)27(25,26)16-8-6-15(7-9-16)19(23)24/h2-9H,10-13H2,1H3,(H,23,24). The number of carboxylic acid groups (broad SMARTS) is 1. The Bertz CT molecular complexity index is 962. The zero-order valence-electron chi connectivity index (χ0n) is 14.8. The highest BCUT2D eigenvalue weighted by molar-refractivity contribution is 7.89. The number of benzene rings is 2. The molecule has 1 aliphatic heterocycles. The van der Waals surface area contributed by atoms with Gasteiger partial charge in [0, 0.05) is 31.7 Å². The van der Waals surface area contributed by atoms with Crippen LogP contribution in [0.3, 0.4) is 0 Å². The summed E-state index contributed by atoms with van der Waals surface area (Å²) in [6.45, 7) is 2.87. The van der Waals surface area contributed by atoms with Crippen LogP contribution in [0.5, 0.6) is 0 Å². The van der Waals surface area contributed by atoms with E-state index in [1.807, 2.05) is 25.1 Å². The molecule has 0 aliphatic carbocycles. The molecule has 0 bridgehead atoms. The molecular formula is C19H20N2O5S. The third-order valence-electron chi connectivity index (χ3n) is 4.64. The van der Waals surface area contributed by atoms with Gasteiger partial charge in [0.05, 0.1) is 10.5 Å². The monoisotopic (exact) mass is 388 g/mol. The van der Waals surface area contributed by atoms with Crippen LogP contribution in [-0.2, 0) is 10.0 Å². The molecule has 1 aliphatic rings. The van der Waals surface area contributed by atoms with E-state index in [0.717, 1.165) is 5.56 Å². The SMILES string of the molecule is Cc1ccccc1C(=O)N1CCN(S(=O)(=O)c2ccc(C(=O)O)cc2)CC1. The summed E-state index contributed by atoms with van der Waals surface area (Å²) in [6.07, 6.45) is 0. The fourth-order valence-corrected chi connectivity index (χ4v) is 4.46. The van der Waals surface area contributed by atoms with E-state index in [0.29, 0.717) is 18.7 Å². The van der Waals surface area contributed by atoms with Gasteiger partial charge in [-0.05, 0) is 42.8 Å². The largest absolute Gasteiger partial charge is 0.478 e. The minimum Gasteiger partial charge on any atom is -0.478 e. The molecule has 1 N–H and O–H groups in total. The highest BCUT2D eigenvalue weighted by Crippen LogP contribution is 2.20. The van der Waals surface area contributed by atoms with Gasteiger partial charge in [-0.25, -0.2) is 13.2 Å². The first-order valence-electron chi connectivity index (χ1n) is 8.49. The molecule has 0 radical (unpaired) electrons. The van der Waals surface area contributed by atoms with Crippen molar-refractivity contribution in [3.8, 4) is 0 Å². The lowest BCUT2D eigenvalue weighted by atomic mass is 10.1. The van der Waals surface area contributed by atoms with Gasteiger partial charge in [-0.15, -0.1) is 0 Å². The maximum atomic E-state index is 12.7. The first kappa shape index (κ1) is 19.1. The normalized spacial score (nSPS) is 15.5. The van der Waals surface area contributed by atoms with E-state index < -0.39 is 16.0 Å². The van der Waals surface area contributed by atoms with E-state index in [1.165, 1.54) is 28.6 Å². The summed E-state index contributed by atoms with van der Waals surface area (Å²) in [4.78, 5) is 25.3. The Balaban J connectivity index is 1.70. The number of carbonyl (C=O) groups excluding carboxylic acids is 1. The number of carboxylic acids is 1. The fraction of sp³-hybridized carbons (Fsp3) is 0.263. The first-order chi connectivity index (χ1) is 12.8. The Hall–Kier alpha value is -2.71. The molecule has 0 atom stereocenters. The summed E-state index contributed by atoms with van der Waals surface area (Å²) in [7, 11) is -3.72. The third-order valence-corrected chi connectivity index (χ3v) is 6.55. The number of hydrogen-bond donors (Lipinski definition) is 1. The number of nitrogens with zero attached hydrogens (tertiary/aromatic N) is 2. The zero-order valence-corrected chi connectivity index (χ0v) is 15.6. The molecule has 2 aromatic carbocycles. The van der Waals surface area contributed by atoms with Gasteiger partial charge < -0.3 is 10.0 Å². The van der Waals surface area contributed by atoms with Gasteiger partial charge >= 0.3 is 5.97 Å². The smallest absolute Gasteiger partial charge is 0.335 e. The van der Waals surface area contributed by atoms with Crippen LogP contribution in [0.15, 0.2) is 53.4 Å². The van der Waals surface area contributed by atoms with Crippen molar-refractivity contribution >= 4 is 21.9 Å². The fourth-order valence-electron chi connectivity index (χ4n) is 3.03. The molecule has 3 rings (SSSR count). The number of piperazine rings is 1. The maximum Gasteiger partial charge on any atom is 0.335 e. The number of hydrogen-bond acceptors (Lipinski definition) is 4.